The number of benzene rings is 2. The second kappa shape index (κ2) is 15.0. The van der Waals surface area contributed by atoms with E-state index in [0.29, 0.717) is 0 Å². The summed E-state index contributed by atoms with van der Waals surface area (Å²) in [6.07, 6.45) is -20.3. The Kier molecular flexibility index (Phi) is 11.0. The molecule has 4 heterocycles. The average Bonchev–Trinajstić information content (AvgIpc) is 3.42. The molecule has 3 fully saturated rings. The molecule has 0 radical (unpaired) electrons. The predicted octanol–water partition coefficient (Wildman–Crippen LogP) is -2.62. The zero-order valence-electron chi connectivity index (χ0n) is 27.7. The third-order valence-corrected chi connectivity index (χ3v) is 9.25. The van der Waals surface area contributed by atoms with Gasteiger partial charge in [-0.2, -0.15) is 0 Å². The first-order valence-electron chi connectivity index (χ1n) is 16.1. The van der Waals surface area contributed by atoms with E-state index in [2.05, 4.69) is 0 Å². The maximum atomic E-state index is 14.0. The number of aliphatic hydroxyl groups excluding tert-OH is 7. The van der Waals surface area contributed by atoms with Crippen LogP contribution >= 0.6 is 0 Å². The van der Waals surface area contributed by atoms with Crippen LogP contribution < -0.4 is 14.9 Å². The molecular formula is C33H40O19. The summed E-state index contributed by atoms with van der Waals surface area (Å²) in [6, 6.07) is 7.86. The molecule has 19 heteroatoms. The van der Waals surface area contributed by atoms with Gasteiger partial charge in [0.25, 0.3) is 0 Å². The number of rotatable bonds is 10. The smallest absolute Gasteiger partial charge is 0.239 e. The Balaban J connectivity index is 1.37. The van der Waals surface area contributed by atoms with Crippen LogP contribution in [0, 0.1) is 0 Å². The van der Waals surface area contributed by atoms with Gasteiger partial charge >= 0.3 is 0 Å². The summed E-state index contributed by atoms with van der Waals surface area (Å²) in [5, 5.41) is 105. The van der Waals surface area contributed by atoms with Crippen molar-refractivity contribution in [2.24, 2.45) is 0 Å². The minimum atomic E-state index is -2.05. The quantitative estimate of drug-likeness (QED) is 0.102. The third-order valence-electron chi connectivity index (χ3n) is 9.25. The number of fused-ring (bicyclic) bond motifs is 1. The molecule has 19 nitrogen and oxygen atoms in total. The van der Waals surface area contributed by atoms with E-state index in [1.54, 1.807) is 0 Å². The van der Waals surface area contributed by atoms with Crippen LogP contribution in [0.4, 0.5) is 0 Å². The standard InChI is InChI=1S/C33H40O19/c1-12-20(37)23(40)24(41)30(48-12)51-27-21(38)18(9-46-32-29(43)33(44,10-34)11-47-32)50-31(25(27)42)52-28-22(39)19-16(36)7-15(45-2)8-17(19)49-26(28)13-3-5-14(35)6-4-13/h3-8,12,18,20-21,23-25,27,29-32,34-38,40-44H,9-11H2,1-2H3. The number of phenolic OH excluding ortho intramolecular Hbond substituents is 2. The summed E-state index contributed by atoms with van der Waals surface area (Å²) in [5.41, 5.74) is -2.93. The summed E-state index contributed by atoms with van der Waals surface area (Å²) >= 11 is 0. The first-order valence-corrected chi connectivity index (χ1v) is 16.1. The van der Waals surface area contributed by atoms with Gasteiger partial charge in [0.2, 0.25) is 17.5 Å². The molecule has 0 saturated carbocycles. The van der Waals surface area contributed by atoms with E-state index in [0.717, 1.165) is 6.07 Å². The molecule has 0 bridgehead atoms. The molecule has 0 amide bonds. The normalized spacial score (nSPS) is 36.6. The van der Waals surface area contributed by atoms with E-state index in [1.165, 1.54) is 44.4 Å². The van der Waals surface area contributed by atoms with Crippen molar-refractivity contribution in [1.82, 2.24) is 0 Å². The van der Waals surface area contributed by atoms with Gasteiger partial charge in [-0.05, 0) is 31.2 Å². The lowest BCUT2D eigenvalue weighted by Gasteiger charge is -2.46. The lowest BCUT2D eigenvalue weighted by molar-refractivity contribution is -0.352. The van der Waals surface area contributed by atoms with Crippen LogP contribution in [0.3, 0.4) is 0 Å². The van der Waals surface area contributed by atoms with Crippen molar-refractivity contribution in [2.45, 2.75) is 86.3 Å². The highest BCUT2D eigenvalue weighted by atomic mass is 16.7. The van der Waals surface area contributed by atoms with Gasteiger partial charge in [-0.25, -0.2) is 0 Å². The number of ether oxygens (including phenoxy) is 7. The van der Waals surface area contributed by atoms with E-state index in [1.807, 2.05) is 0 Å². The topological polar surface area (TPSA) is 297 Å². The van der Waals surface area contributed by atoms with E-state index in [9.17, 15) is 55.9 Å². The first-order chi connectivity index (χ1) is 24.7. The monoisotopic (exact) mass is 740 g/mol. The Morgan fingerprint density at radius 3 is 2.25 bits per heavy atom. The van der Waals surface area contributed by atoms with Crippen LogP contribution in [-0.2, 0) is 23.7 Å². The van der Waals surface area contributed by atoms with Crippen molar-refractivity contribution < 1.29 is 88.6 Å². The largest absolute Gasteiger partial charge is 0.508 e. The van der Waals surface area contributed by atoms with Gasteiger partial charge < -0.3 is 88.6 Å². The molecule has 0 aliphatic carbocycles. The summed E-state index contributed by atoms with van der Waals surface area (Å²) < 4.78 is 45.1. The van der Waals surface area contributed by atoms with Crippen molar-refractivity contribution in [1.29, 1.82) is 0 Å². The molecule has 0 spiro atoms. The zero-order chi connectivity index (χ0) is 37.6. The Labute approximate surface area is 293 Å². The van der Waals surface area contributed by atoms with Crippen LogP contribution in [-0.4, -0.2) is 157 Å². The minimum Gasteiger partial charge on any atom is -0.508 e. The number of phenols is 2. The molecule has 3 saturated heterocycles. The molecule has 13 unspecified atom stereocenters. The average molecular weight is 741 g/mol. The van der Waals surface area contributed by atoms with Gasteiger partial charge in [0, 0.05) is 17.7 Å². The predicted molar refractivity (Wildman–Crippen MR) is 170 cm³/mol. The van der Waals surface area contributed by atoms with Gasteiger partial charge in [0.15, 0.2) is 18.3 Å². The maximum Gasteiger partial charge on any atom is 0.239 e. The third kappa shape index (κ3) is 7.03. The Hall–Kier alpha value is -3.67. The molecule has 3 aliphatic rings. The number of methoxy groups -OCH3 is 1. The van der Waals surface area contributed by atoms with E-state index in [4.69, 9.17) is 37.6 Å². The summed E-state index contributed by atoms with van der Waals surface area (Å²) in [4.78, 5) is 14.0. The molecular weight excluding hydrogens is 700 g/mol. The second-order valence-corrected chi connectivity index (χ2v) is 12.8. The fraction of sp³-hybridized carbons (Fsp3) is 0.545. The van der Waals surface area contributed by atoms with E-state index in [-0.39, 0.29) is 33.8 Å². The van der Waals surface area contributed by atoms with Gasteiger partial charge in [-0.3, -0.25) is 4.79 Å². The van der Waals surface area contributed by atoms with E-state index < -0.39 is 116 Å². The SMILES string of the molecule is COc1cc(O)c2c(=O)c(OC3OC(COC4OCC(O)(CO)C4O)C(O)C(OC4OC(C)C(O)C(O)C4O)C3O)c(-c3ccc(O)cc3)oc2c1. The number of aromatic hydroxyl groups is 2. The summed E-state index contributed by atoms with van der Waals surface area (Å²) in [6.45, 7) is -0.637. The second-order valence-electron chi connectivity index (χ2n) is 12.8. The Morgan fingerprint density at radius 2 is 1.60 bits per heavy atom. The molecule has 10 N–H and O–H groups in total. The highest BCUT2D eigenvalue weighted by Gasteiger charge is 2.53. The molecule has 6 rings (SSSR count). The first kappa shape index (κ1) is 38.1. The lowest BCUT2D eigenvalue weighted by Crippen LogP contribution is -2.65. The molecule has 286 valence electrons. The van der Waals surface area contributed by atoms with Crippen LogP contribution in [0.5, 0.6) is 23.0 Å². The van der Waals surface area contributed by atoms with Crippen LogP contribution in [0.25, 0.3) is 22.3 Å². The van der Waals surface area contributed by atoms with Gasteiger partial charge in [0.05, 0.1) is 33.0 Å². The van der Waals surface area contributed by atoms with Crippen molar-refractivity contribution in [2.75, 3.05) is 26.9 Å². The van der Waals surface area contributed by atoms with Crippen LogP contribution in [0.1, 0.15) is 6.92 Å². The fourth-order valence-corrected chi connectivity index (χ4v) is 6.10. The van der Waals surface area contributed by atoms with Gasteiger partial charge in [-0.15, -0.1) is 0 Å². The van der Waals surface area contributed by atoms with E-state index >= 15 is 0 Å². The van der Waals surface area contributed by atoms with Crippen LogP contribution in [0.2, 0.25) is 0 Å². The molecule has 2 aromatic carbocycles. The molecule has 3 aliphatic heterocycles. The molecule has 52 heavy (non-hydrogen) atoms. The summed E-state index contributed by atoms with van der Waals surface area (Å²) in [5.74, 6) is -1.38. The lowest BCUT2D eigenvalue weighted by atomic mass is 9.97. The number of hydrogen-bond donors (Lipinski definition) is 10. The fourth-order valence-electron chi connectivity index (χ4n) is 6.10. The Bertz CT molecular complexity index is 1770. The Morgan fingerprint density at radius 1 is 0.885 bits per heavy atom. The van der Waals surface area contributed by atoms with Crippen molar-refractivity contribution >= 4 is 11.0 Å². The van der Waals surface area contributed by atoms with Gasteiger partial charge in [0.1, 0.15) is 82.7 Å². The number of hydrogen-bond acceptors (Lipinski definition) is 19. The number of aliphatic hydroxyl groups is 8. The van der Waals surface area contributed by atoms with Crippen molar-refractivity contribution in [3.05, 3.63) is 46.6 Å². The molecule has 13 atom stereocenters. The maximum absolute atomic E-state index is 14.0. The summed E-state index contributed by atoms with van der Waals surface area (Å²) in [7, 11) is 1.33. The minimum absolute atomic E-state index is 0.121. The zero-order valence-corrected chi connectivity index (χ0v) is 27.7. The van der Waals surface area contributed by atoms with Crippen LogP contribution in [0.15, 0.2) is 45.6 Å². The highest BCUT2D eigenvalue weighted by Crippen LogP contribution is 2.38. The van der Waals surface area contributed by atoms with Gasteiger partial charge in [-0.1, -0.05) is 0 Å². The van der Waals surface area contributed by atoms with Crippen molar-refractivity contribution in [3.8, 4) is 34.3 Å². The highest BCUT2D eigenvalue weighted by molar-refractivity contribution is 5.88. The van der Waals surface area contributed by atoms with Crippen molar-refractivity contribution in [3.63, 3.8) is 0 Å². The molecule has 1 aromatic heterocycles. The molecule has 3 aromatic rings.